The van der Waals surface area contributed by atoms with Crippen molar-refractivity contribution in [2.24, 2.45) is 5.10 Å². The maximum Gasteiger partial charge on any atom is 0.243 e. The highest BCUT2D eigenvalue weighted by atomic mass is 16.2. The molecule has 0 bridgehead atoms. The third-order valence-electron chi connectivity index (χ3n) is 4.80. The van der Waals surface area contributed by atoms with Gasteiger partial charge in [-0.1, -0.05) is 36.4 Å². The minimum atomic E-state index is -0.186. The Morgan fingerprint density at radius 3 is 2.52 bits per heavy atom. The number of carbonyl (C=O) groups excluding carboxylic acids is 2. The van der Waals surface area contributed by atoms with Crippen LogP contribution < -0.4 is 5.32 Å². The van der Waals surface area contributed by atoms with Crippen molar-refractivity contribution in [2.75, 3.05) is 11.9 Å². The summed E-state index contributed by atoms with van der Waals surface area (Å²) in [6, 6.07) is 21.3. The number of hydrogen-bond donors (Lipinski definition) is 1. The van der Waals surface area contributed by atoms with Gasteiger partial charge in [-0.15, -0.1) is 0 Å². The Kier molecular flexibility index (Phi) is 5.52. The molecule has 0 saturated heterocycles. The largest absolute Gasteiger partial charge is 0.326 e. The molecule has 29 heavy (non-hydrogen) atoms. The SMILES string of the molecule is O=C(CCC(=O)N1CCC(c2ccccc2)=N1)Nc1cccc(-n2cccc2)c1. The second kappa shape index (κ2) is 8.56. The summed E-state index contributed by atoms with van der Waals surface area (Å²) in [6.07, 6.45) is 4.88. The molecule has 0 radical (unpaired) electrons. The van der Waals surface area contributed by atoms with Crippen molar-refractivity contribution in [3.8, 4) is 5.69 Å². The van der Waals surface area contributed by atoms with E-state index in [2.05, 4.69) is 10.4 Å². The molecule has 2 heterocycles. The molecule has 1 aliphatic rings. The first-order chi connectivity index (χ1) is 14.2. The molecule has 3 aromatic rings. The highest BCUT2D eigenvalue weighted by molar-refractivity contribution is 6.02. The van der Waals surface area contributed by atoms with Crippen molar-refractivity contribution < 1.29 is 9.59 Å². The fourth-order valence-corrected chi connectivity index (χ4v) is 3.29. The maximum absolute atomic E-state index is 12.4. The van der Waals surface area contributed by atoms with Crippen LogP contribution in [0.15, 0.2) is 84.2 Å². The van der Waals surface area contributed by atoms with Crippen LogP contribution >= 0.6 is 0 Å². The van der Waals surface area contributed by atoms with Crippen LogP contribution in [0.3, 0.4) is 0 Å². The molecule has 6 nitrogen and oxygen atoms in total. The third-order valence-corrected chi connectivity index (χ3v) is 4.80. The van der Waals surface area contributed by atoms with Crippen LogP contribution in [0.4, 0.5) is 5.69 Å². The van der Waals surface area contributed by atoms with Crippen molar-refractivity contribution in [2.45, 2.75) is 19.3 Å². The highest BCUT2D eigenvalue weighted by Crippen LogP contribution is 2.17. The van der Waals surface area contributed by atoms with Gasteiger partial charge in [-0.3, -0.25) is 9.59 Å². The van der Waals surface area contributed by atoms with E-state index in [1.54, 1.807) is 0 Å². The van der Waals surface area contributed by atoms with E-state index < -0.39 is 0 Å². The van der Waals surface area contributed by atoms with Gasteiger partial charge in [0.25, 0.3) is 0 Å². The summed E-state index contributed by atoms with van der Waals surface area (Å²) in [6.45, 7) is 0.559. The van der Waals surface area contributed by atoms with E-state index in [1.807, 2.05) is 83.7 Å². The van der Waals surface area contributed by atoms with Crippen molar-refractivity contribution in [3.63, 3.8) is 0 Å². The molecule has 0 unspecified atom stereocenters. The third kappa shape index (κ3) is 4.60. The normalized spacial score (nSPS) is 13.2. The summed E-state index contributed by atoms with van der Waals surface area (Å²) in [7, 11) is 0. The van der Waals surface area contributed by atoms with Gasteiger partial charge in [0.1, 0.15) is 0 Å². The molecule has 4 rings (SSSR count). The summed E-state index contributed by atoms with van der Waals surface area (Å²) in [5.41, 5.74) is 3.61. The first-order valence-corrected chi connectivity index (χ1v) is 9.65. The predicted octanol–water partition coefficient (Wildman–Crippen LogP) is 3.83. The minimum Gasteiger partial charge on any atom is -0.326 e. The molecule has 1 N–H and O–H groups in total. The van der Waals surface area contributed by atoms with Crippen molar-refractivity contribution in [1.82, 2.24) is 9.58 Å². The van der Waals surface area contributed by atoms with Crippen molar-refractivity contribution in [1.29, 1.82) is 0 Å². The number of anilines is 1. The van der Waals surface area contributed by atoms with Gasteiger partial charge in [-0.25, -0.2) is 5.01 Å². The fraction of sp³-hybridized carbons (Fsp3) is 0.174. The molecular formula is C23H22N4O2. The van der Waals surface area contributed by atoms with Gasteiger partial charge < -0.3 is 9.88 Å². The quantitative estimate of drug-likeness (QED) is 0.700. The van der Waals surface area contributed by atoms with Gasteiger partial charge in [0.2, 0.25) is 11.8 Å². The van der Waals surface area contributed by atoms with Crippen LogP contribution in [-0.4, -0.2) is 33.6 Å². The zero-order chi connectivity index (χ0) is 20.1. The summed E-state index contributed by atoms with van der Waals surface area (Å²) < 4.78 is 1.97. The lowest BCUT2D eigenvalue weighted by atomic mass is 10.1. The van der Waals surface area contributed by atoms with Crippen molar-refractivity contribution in [3.05, 3.63) is 84.7 Å². The van der Waals surface area contributed by atoms with E-state index in [9.17, 15) is 9.59 Å². The summed E-state index contributed by atoms with van der Waals surface area (Å²) in [5.74, 6) is -0.318. The van der Waals surface area contributed by atoms with Gasteiger partial charge in [-0.2, -0.15) is 5.10 Å². The molecule has 0 spiro atoms. The maximum atomic E-state index is 12.4. The second-order valence-electron chi connectivity index (χ2n) is 6.87. The molecule has 1 aromatic heterocycles. The Hall–Kier alpha value is -3.67. The van der Waals surface area contributed by atoms with Crippen LogP contribution in [0, 0.1) is 0 Å². The fourth-order valence-electron chi connectivity index (χ4n) is 3.29. The van der Waals surface area contributed by atoms with Crippen LogP contribution in [-0.2, 0) is 9.59 Å². The molecule has 146 valence electrons. The van der Waals surface area contributed by atoms with Gasteiger partial charge >= 0.3 is 0 Å². The average molecular weight is 386 g/mol. The van der Waals surface area contributed by atoms with E-state index in [4.69, 9.17) is 0 Å². The monoisotopic (exact) mass is 386 g/mol. The summed E-state index contributed by atoms with van der Waals surface area (Å²) in [5, 5.41) is 8.77. The van der Waals surface area contributed by atoms with E-state index in [0.717, 1.165) is 23.4 Å². The standard InChI is InChI=1S/C23H22N4O2/c28-22(24-19-9-6-10-20(17-19)26-14-4-5-15-26)11-12-23(29)27-16-13-21(25-27)18-7-2-1-3-8-18/h1-10,14-15,17H,11-13,16H2,(H,24,28). The lowest BCUT2D eigenvalue weighted by Crippen LogP contribution is -2.25. The Morgan fingerprint density at radius 2 is 1.72 bits per heavy atom. The molecule has 0 atom stereocenters. The average Bonchev–Trinajstić information content (AvgIpc) is 3.45. The lowest BCUT2D eigenvalue weighted by molar-refractivity contribution is -0.132. The molecule has 2 aromatic carbocycles. The zero-order valence-electron chi connectivity index (χ0n) is 16.0. The molecule has 0 fully saturated rings. The zero-order valence-corrected chi connectivity index (χ0v) is 16.0. The molecule has 0 saturated carbocycles. The number of rotatable bonds is 6. The molecule has 1 aliphatic heterocycles. The van der Waals surface area contributed by atoms with Crippen LogP contribution in [0.25, 0.3) is 5.69 Å². The smallest absolute Gasteiger partial charge is 0.243 e. The number of carbonyl (C=O) groups is 2. The van der Waals surface area contributed by atoms with Crippen LogP contribution in [0.5, 0.6) is 0 Å². The Balaban J connectivity index is 1.30. The second-order valence-corrected chi connectivity index (χ2v) is 6.87. The lowest BCUT2D eigenvalue weighted by Gasteiger charge is -2.12. The number of hydrogen-bond acceptors (Lipinski definition) is 3. The van der Waals surface area contributed by atoms with E-state index in [-0.39, 0.29) is 24.7 Å². The molecule has 0 aliphatic carbocycles. The Bertz CT molecular complexity index is 1030. The highest BCUT2D eigenvalue weighted by Gasteiger charge is 2.21. The Morgan fingerprint density at radius 1 is 0.931 bits per heavy atom. The summed E-state index contributed by atoms with van der Waals surface area (Å²) in [4.78, 5) is 24.7. The first-order valence-electron chi connectivity index (χ1n) is 9.65. The number of hydrazone groups is 1. The summed E-state index contributed by atoms with van der Waals surface area (Å²) >= 11 is 0. The first kappa shape index (κ1) is 18.7. The number of amides is 2. The van der Waals surface area contributed by atoms with Gasteiger partial charge in [0.15, 0.2) is 0 Å². The van der Waals surface area contributed by atoms with E-state index >= 15 is 0 Å². The van der Waals surface area contributed by atoms with Gasteiger partial charge in [0, 0.05) is 43.0 Å². The molecule has 2 amide bonds. The number of nitrogens with one attached hydrogen (secondary N) is 1. The predicted molar refractivity (Wildman–Crippen MR) is 113 cm³/mol. The number of benzene rings is 2. The van der Waals surface area contributed by atoms with E-state index in [1.165, 1.54) is 5.01 Å². The minimum absolute atomic E-state index is 0.124. The molecular weight excluding hydrogens is 364 g/mol. The molecule has 6 heteroatoms. The number of nitrogens with zero attached hydrogens (tertiary/aromatic N) is 3. The Labute approximate surface area is 169 Å². The van der Waals surface area contributed by atoms with Gasteiger partial charge in [0.05, 0.1) is 12.3 Å². The van der Waals surface area contributed by atoms with Crippen molar-refractivity contribution >= 4 is 23.2 Å². The van der Waals surface area contributed by atoms with E-state index in [0.29, 0.717) is 12.2 Å². The number of aromatic nitrogens is 1. The van der Waals surface area contributed by atoms with Gasteiger partial charge in [-0.05, 0) is 35.9 Å². The van der Waals surface area contributed by atoms with Crippen LogP contribution in [0.1, 0.15) is 24.8 Å². The van der Waals surface area contributed by atoms with Crippen LogP contribution in [0.2, 0.25) is 0 Å². The topological polar surface area (TPSA) is 66.7 Å².